The van der Waals surface area contributed by atoms with Gasteiger partial charge in [0.2, 0.25) is 0 Å². The summed E-state index contributed by atoms with van der Waals surface area (Å²) in [5.41, 5.74) is 0.731. The van der Waals surface area contributed by atoms with E-state index in [9.17, 15) is 4.79 Å². The molecule has 0 bridgehead atoms. The number of hydrogen-bond donors (Lipinski definition) is 1. The van der Waals surface area contributed by atoms with Crippen molar-refractivity contribution in [1.82, 2.24) is 5.32 Å². The first-order valence-electron chi connectivity index (χ1n) is 6.84. The summed E-state index contributed by atoms with van der Waals surface area (Å²) in [5, 5.41) is 3.16. The highest BCUT2D eigenvalue weighted by Crippen LogP contribution is 2.27. The molecular formula is C15H19BrINO. The molecular weight excluding hydrogens is 417 g/mol. The Bertz CT molecular complexity index is 457. The van der Waals surface area contributed by atoms with E-state index in [0.717, 1.165) is 13.6 Å². The van der Waals surface area contributed by atoms with Crippen LogP contribution in [0.2, 0.25) is 0 Å². The molecule has 2 nitrogen and oxygen atoms in total. The maximum absolute atomic E-state index is 12.3. The Morgan fingerprint density at radius 3 is 2.74 bits per heavy atom. The molecule has 104 valence electrons. The van der Waals surface area contributed by atoms with E-state index in [4.69, 9.17) is 0 Å². The molecule has 1 aromatic rings. The van der Waals surface area contributed by atoms with Gasteiger partial charge in [0.05, 0.1) is 5.56 Å². The lowest BCUT2D eigenvalue weighted by molar-refractivity contribution is 0.0918. The lowest BCUT2D eigenvalue weighted by Gasteiger charge is -2.28. The SMILES string of the molecule is CC(NC(=O)c1cc(I)ccc1Br)C1CCCCC1. The van der Waals surface area contributed by atoms with Crippen LogP contribution in [0.4, 0.5) is 0 Å². The van der Waals surface area contributed by atoms with E-state index in [2.05, 4.69) is 50.8 Å². The van der Waals surface area contributed by atoms with Gasteiger partial charge in [0, 0.05) is 14.1 Å². The molecule has 0 heterocycles. The number of carbonyl (C=O) groups excluding carboxylic acids is 1. The van der Waals surface area contributed by atoms with Gasteiger partial charge in [0.1, 0.15) is 0 Å². The molecule has 1 amide bonds. The summed E-state index contributed by atoms with van der Waals surface area (Å²) in [5.74, 6) is 0.669. The van der Waals surface area contributed by atoms with Crippen LogP contribution < -0.4 is 5.32 Å². The highest BCUT2D eigenvalue weighted by Gasteiger charge is 2.22. The fraction of sp³-hybridized carbons (Fsp3) is 0.533. The Labute approximate surface area is 137 Å². The number of rotatable bonds is 3. The zero-order chi connectivity index (χ0) is 13.8. The number of nitrogens with one attached hydrogen (secondary N) is 1. The van der Waals surface area contributed by atoms with Gasteiger partial charge in [0.15, 0.2) is 0 Å². The second kappa shape index (κ2) is 7.07. The van der Waals surface area contributed by atoms with Gasteiger partial charge in [-0.05, 0) is 82.4 Å². The van der Waals surface area contributed by atoms with E-state index < -0.39 is 0 Å². The maximum Gasteiger partial charge on any atom is 0.252 e. The van der Waals surface area contributed by atoms with Crippen molar-refractivity contribution < 1.29 is 4.79 Å². The van der Waals surface area contributed by atoms with Crippen molar-refractivity contribution in [2.45, 2.75) is 45.1 Å². The van der Waals surface area contributed by atoms with Crippen molar-refractivity contribution in [2.75, 3.05) is 0 Å². The lowest BCUT2D eigenvalue weighted by Crippen LogP contribution is -2.39. The molecule has 1 atom stereocenters. The van der Waals surface area contributed by atoms with Crippen LogP contribution in [0.15, 0.2) is 22.7 Å². The third kappa shape index (κ3) is 4.18. The molecule has 4 heteroatoms. The molecule has 1 unspecified atom stereocenters. The fourth-order valence-electron chi connectivity index (χ4n) is 2.71. The number of benzene rings is 1. The van der Waals surface area contributed by atoms with E-state index in [1.807, 2.05) is 18.2 Å². The maximum atomic E-state index is 12.3. The van der Waals surface area contributed by atoms with Gasteiger partial charge < -0.3 is 5.32 Å². The Balaban J connectivity index is 2.01. The first kappa shape index (κ1) is 15.3. The average molecular weight is 436 g/mol. The minimum Gasteiger partial charge on any atom is -0.349 e. The van der Waals surface area contributed by atoms with Gasteiger partial charge >= 0.3 is 0 Å². The third-order valence-corrected chi connectivity index (χ3v) is 5.25. The van der Waals surface area contributed by atoms with Crippen LogP contribution in [0.1, 0.15) is 49.4 Å². The van der Waals surface area contributed by atoms with Crippen LogP contribution in [-0.4, -0.2) is 11.9 Å². The molecule has 0 aromatic heterocycles. The summed E-state index contributed by atoms with van der Waals surface area (Å²) < 4.78 is 1.94. The molecule has 0 aliphatic heterocycles. The number of carbonyl (C=O) groups is 1. The van der Waals surface area contributed by atoms with Crippen LogP contribution in [0.25, 0.3) is 0 Å². The summed E-state index contributed by atoms with van der Waals surface area (Å²) in [6.07, 6.45) is 6.44. The van der Waals surface area contributed by atoms with Crippen molar-refractivity contribution in [3.63, 3.8) is 0 Å². The van der Waals surface area contributed by atoms with Crippen molar-refractivity contribution >= 4 is 44.4 Å². The Morgan fingerprint density at radius 2 is 2.05 bits per heavy atom. The van der Waals surface area contributed by atoms with Crippen LogP contribution in [0.3, 0.4) is 0 Å². The van der Waals surface area contributed by atoms with Crippen molar-refractivity contribution in [3.8, 4) is 0 Å². The molecule has 1 fully saturated rings. The van der Waals surface area contributed by atoms with Crippen molar-refractivity contribution in [1.29, 1.82) is 0 Å². The molecule has 19 heavy (non-hydrogen) atoms. The summed E-state index contributed by atoms with van der Waals surface area (Å²) in [6.45, 7) is 2.13. The minimum atomic E-state index is 0.0310. The van der Waals surface area contributed by atoms with E-state index in [1.54, 1.807) is 0 Å². The smallest absolute Gasteiger partial charge is 0.252 e. The summed E-state index contributed by atoms with van der Waals surface area (Å²) in [6, 6.07) is 6.11. The molecule has 0 spiro atoms. The molecule has 1 aromatic carbocycles. The van der Waals surface area contributed by atoms with Crippen LogP contribution in [0, 0.1) is 9.49 Å². The second-order valence-electron chi connectivity index (χ2n) is 5.28. The van der Waals surface area contributed by atoms with E-state index in [-0.39, 0.29) is 11.9 Å². The standard InChI is InChI=1S/C15H19BrINO/c1-10(11-5-3-2-4-6-11)18-15(19)13-9-12(17)7-8-14(13)16/h7-11H,2-6H2,1H3,(H,18,19). The first-order chi connectivity index (χ1) is 9.08. The normalized spacial score (nSPS) is 18.1. The largest absolute Gasteiger partial charge is 0.349 e. The van der Waals surface area contributed by atoms with E-state index >= 15 is 0 Å². The van der Waals surface area contributed by atoms with Crippen LogP contribution in [-0.2, 0) is 0 Å². The van der Waals surface area contributed by atoms with E-state index in [1.165, 1.54) is 32.1 Å². The molecule has 0 radical (unpaired) electrons. The molecule has 1 aliphatic carbocycles. The molecule has 1 saturated carbocycles. The third-order valence-electron chi connectivity index (χ3n) is 3.89. The molecule has 1 N–H and O–H groups in total. The van der Waals surface area contributed by atoms with Gasteiger partial charge in [-0.2, -0.15) is 0 Å². The minimum absolute atomic E-state index is 0.0310. The second-order valence-corrected chi connectivity index (χ2v) is 7.38. The predicted molar refractivity (Wildman–Crippen MR) is 90.4 cm³/mol. The van der Waals surface area contributed by atoms with Gasteiger partial charge in [-0.15, -0.1) is 0 Å². The zero-order valence-electron chi connectivity index (χ0n) is 11.1. The first-order valence-corrected chi connectivity index (χ1v) is 8.71. The lowest BCUT2D eigenvalue weighted by atomic mass is 9.84. The van der Waals surface area contributed by atoms with Gasteiger partial charge in [-0.1, -0.05) is 19.3 Å². The number of halogens is 2. The van der Waals surface area contributed by atoms with Gasteiger partial charge in [0.25, 0.3) is 5.91 Å². The van der Waals surface area contributed by atoms with Crippen molar-refractivity contribution in [3.05, 3.63) is 31.8 Å². The Hall–Kier alpha value is -0.100. The zero-order valence-corrected chi connectivity index (χ0v) is 14.8. The highest BCUT2D eigenvalue weighted by molar-refractivity contribution is 14.1. The molecule has 1 aliphatic rings. The quantitative estimate of drug-likeness (QED) is 0.681. The summed E-state index contributed by atoms with van der Waals surface area (Å²) in [7, 11) is 0. The van der Waals surface area contributed by atoms with Crippen LogP contribution in [0.5, 0.6) is 0 Å². The summed E-state index contributed by atoms with van der Waals surface area (Å²) in [4.78, 5) is 12.3. The van der Waals surface area contributed by atoms with Gasteiger partial charge in [-0.25, -0.2) is 0 Å². The Morgan fingerprint density at radius 1 is 1.37 bits per heavy atom. The van der Waals surface area contributed by atoms with E-state index in [0.29, 0.717) is 5.92 Å². The van der Waals surface area contributed by atoms with Crippen LogP contribution >= 0.6 is 38.5 Å². The Kier molecular flexibility index (Phi) is 5.69. The number of hydrogen-bond acceptors (Lipinski definition) is 1. The fourth-order valence-corrected chi connectivity index (χ4v) is 3.63. The number of amides is 1. The monoisotopic (exact) mass is 435 g/mol. The predicted octanol–water partition coefficient (Wildman–Crippen LogP) is 4.75. The van der Waals surface area contributed by atoms with Crippen molar-refractivity contribution in [2.24, 2.45) is 5.92 Å². The molecule has 2 rings (SSSR count). The van der Waals surface area contributed by atoms with Gasteiger partial charge in [-0.3, -0.25) is 4.79 Å². The molecule has 0 saturated heterocycles. The summed E-state index contributed by atoms with van der Waals surface area (Å²) >= 11 is 5.68. The highest BCUT2D eigenvalue weighted by atomic mass is 127. The topological polar surface area (TPSA) is 29.1 Å². The average Bonchev–Trinajstić information content (AvgIpc) is 2.42.